The van der Waals surface area contributed by atoms with Gasteiger partial charge in [-0.25, -0.2) is 8.42 Å². The van der Waals surface area contributed by atoms with Crippen LogP contribution in [0.5, 0.6) is 0 Å². The van der Waals surface area contributed by atoms with Crippen LogP contribution in [0, 0.1) is 0 Å². The average molecular weight is 340 g/mol. The van der Waals surface area contributed by atoms with E-state index in [9.17, 15) is 13.2 Å². The number of aryl methyl sites for hydroxylation is 1. The molecule has 7 nitrogen and oxygen atoms in total. The molecule has 2 heterocycles. The molecule has 1 amide bonds. The molecule has 1 saturated carbocycles. The predicted molar refractivity (Wildman–Crippen MR) is 88.2 cm³/mol. The number of amides is 1. The molecule has 1 aromatic heterocycles. The van der Waals surface area contributed by atoms with E-state index in [4.69, 9.17) is 0 Å². The Morgan fingerprint density at radius 2 is 2.09 bits per heavy atom. The van der Waals surface area contributed by atoms with Crippen molar-refractivity contribution < 1.29 is 13.2 Å². The van der Waals surface area contributed by atoms with E-state index in [0.717, 1.165) is 31.3 Å². The maximum Gasteiger partial charge on any atom is 0.247 e. The third-order valence-corrected chi connectivity index (χ3v) is 6.90. The quantitative estimate of drug-likeness (QED) is 0.830. The highest BCUT2D eigenvalue weighted by atomic mass is 32.2. The Bertz CT molecular complexity index is 700. The highest BCUT2D eigenvalue weighted by Crippen LogP contribution is 2.41. The average Bonchev–Trinajstić information content (AvgIpc) is 3.28. The Balaban J connectivity index is 1.85. The second-order valence-corrected chi connectivity index (χ2v) is 8.84. The minimum absolute atomic E-state index is 0.293. The first-order chi connectivity index (χ1) is 10.9. The van der Waals surface area contributed by atoms with E-state index in [0.29, 0.717) is 37.7 Å². The molecule has 1 aliphatic carbocycles. The Kier molecular flexibility index (Phi) is 4.22. The van der Waals surface area contributed by atoms with Crippen molar-refractivity contribution in [1.29, 1.82) is 0 Å². The molecule has 1 aromatic rings. The topological polar surface area (TPSA) is 93.1 Å². The standard InChI is InChI=1S/C15H24N4O3S/c1-3-19-12(11-4-5-11)10-13(18-19)17-14(20)15(23(2,21)22)6-8-16-9-7-15/h10-11,16H,3-9H2,1-2H3,(H,17,18,20). The summed E-state index contributed by atoms with van der Waals surface area (Å²) in [5.41, 5.74) is 1.13. The molecule has 2 N–H and O–H groups in total. The van der Waals surface area contributed by atoms with Crippen LogP contribution in [0.15, 0.2) is 6.07 Å². The van der Waals surface area contributed by atoms with Crippen molar-refractivity contribution in [2.45, 2.75) is 49.8 Å². The number of nitrogens with zero attached hydrogens (tertiary/aromatic N) is 2. The van der Waals surface area contributed by atoms with Gasteiger partial charge in [0.2, 0.25) is 5.91 Å². The number of sulfone groups is 1. The summed E-state index contributed by atoms with van der Waals surface area (Å²) < 4.78 is 25.1. The summed E-state index contributed by atoms with van der Waals surface area (Å²) >= 11 is 0. The number of rotatable bonds is 5. The van der Waals surface area contributed by atoms with Gasteiger partial charge >= 0.3 is 0 Å². The SMILES string of the molecule is CCn1nc(NC(=O)C2(S(C)(=O)=O)CCNCC2)cc1C1CC1. The lowest BCUT2D eigenvalue weighted by Gasteiger charge is -2.34. The zero-order valence-electron chi connectivity index (χ0n) is 13.6. The van der Waals surface area contributed by atoms with E-state index < -0.39 is 20.5 Å². The number of hydrogen-bond donors (Lipinski definition) is 2. The second-order valence-electron chi connectivity index (χ2n) is 6.52. The smallest absolute Gasteiger partial charge is 0.247 e. The highest BCUT2D eigenvalue weighted by Gasteiger charge is 2.48. The first-order valence-corrected chi connectivity index (χ1v) is 10.1. The van der Waals surface area contributed by atoms with Crippen LogP contribution in [0.1, 0.15) is 44.2 Å². The van der Waals surface area contributed by atoms with E-state index in [1.165, 1.54) is 0 Å². The summed E-state index contributed by atoms with van der Waals surface area (Å²) in [6.45, 7) is 3.80. The molecule has 0 spiro atoms. The van der Waals surface area contributed by atoms with Gasteiger partial charge in [-0.1, -0.05) is 0 Å². The van der Waals surface area contributed by atoms with Crippen LogP contribution in [0.25, 0.3) is 0 Å². The van der Waals surface area contributed by atoms with Gasteiger partial charge in [0.1, 0.15) is 0 Å². The van der Waals surface area contributed by atoms with Crippen LogP contribution >= 0.6 is 0 Å². The maximum absolute atomic E-state index is 12.8. The van der Waals surface area contributed by atoms with Crippen LogP contribution in [-0.2, 0) is 21.2 Å². The fourth-order valence-electron chi connectivity index (χ4n) is 3.28. The molecule has 0 aromatic carbocycles. The number of nitrogens with one attached hydrogen (secondary N) is 2. The Labute approximate surface area is 136 Å². The zero-order valence-corrected chi connectivity index (χ0v) is 14.4. The van der Waals surface area contributed by atoms with Gasteiger partial charge in [-0.3, -0.25) is 9.48 Å². The van der Waals surface area contributed by atoms with Gasteiger partial charge in [0.05, 0.1) is 0 Å². The van der Waals surface area contributed by atoms with E-state index in [-0.39, 0.29) is 0 Å². The van der Waals surface area contributed by atoms with Crippen molar-refractivity contribution in [3.63, 3.8) is 0 Å². The lowest BCUT2D eigenvalue weighted by atomic mass is 9.96. The Hall–Kier alpha value is -1.41. The molecule has 23 heavy (non-hydrogen) atoms. The molecule has 1 saturated heterocycles. The number of carbonyl (C=O) groups excluding carboxylic acids is 1. The fraction of sp³-hybridized carbons (Fsp3) is 0.733. The van der Waals surface area contributed by atoms with E-state index in [1.807, 2.05) is 17.7 Å². The molecule has 1 aliphatic heterocycles. The summed E-state index contributed by atoms with van der Waals surface area (Å²) in [6.07, 6.45) is 4.04. The van der Waals surface area contributed by atoms with E-state index in [2.05, 4.69) is 15.7 Å². The van der Waals surface area contributed by atoms with Gasteiger partial charge in [0.15, 0.2) is 20.4 Å². The van der Waals surface area contributed by atoms with Crippen LogP contribution in [0.3, 0.4) is 0 Å². The summed E-state index contributed by atoms with van der Waals surface area (Å²) in [4.78, 5) is 12.8. The number of carbonyl (C=O) groups is 1. The van der Waals surface area contributed by atoms with Crippen molar-refractivity contribution in [3.05, 3.63) is 11.8 Å². The maximum atomic E-state index is 12.8. The summed E-state index contributed by atoms with van der Waals surface area (Å²) in [7, 11) is -3.51. The molecule has 8 heteroatoms. The van der Waals surface area contributed by atoms with Gasteiger partial charge in [0, 0.05) is 30.5 Å². The molecule has 0 radical (unpaired) electrons. The van der Waals surface area contributed by atoms with Crippen LogP contribution in [0.4, 0.5) is 5.82 Å². The molecule has 0 bridgehead atoms. The van der Waals surface area contributed by atoms with Crippen molar-refractivity contribution in [1.82, 2.24) is 15.1 Å². The minimum atomic E-state index is -3.51. The lowest BCUT2D eigenvalue weighted by Crippen LogP contribution is -2.55. The zero-order chi connectivity index (χ0) is 16.7. The fourth-order valence-corrected chi connectivity index (χ4v) is 4.61. The van der Waals surface area contributed by atoms with Crippen molar-refractivity contribution in [2.75, 3.05) is 24.7 Å². The van der Waals surface area contributed by atoms with Gasteiger partial charge < -0.3 is 10.6 Å². The molecule has 0 unspecified atom stereocenters. The first-order valence-electron chi connectivity index (χ1n) is 8.17. The van der Waals surface area contributed by atoms with Crippen molar-refractivity contribution >= 4 is 21.6 Å². The Morgan fingerprint density at radius 1 is 1.43 bits per heavy atom. The van der Waals surface area contributed by atoms with E-state index in [1.54, 1.807) is 0 Å². The predicted octanol–water partition coefficient (Wildman–Crippen LogP) is 0.886. The monoisotopic (exact) mass is 340 g/mol. The first kappa shape index (κ1) is 16.4. The van der Waals surface area contributed by atoms with E-state index >= 15 is 0 Å². The number of anilines is 1. The molecule has 2 fully saturated rings. The number of hydrogen-bond acceptors (Lipinski definition) is 5. The molecule has 0 atom stereocenters. The molecular formula is C15H24N4O3S. The normalized spacial score (nSPS) is 21.1. The van der Waals surface area contributed by atoms with Gasteiger partial charge in [-0.15, -0.1) is 0 Å². The molecule has 2 aliphatic rings. The number of aromatic nitrogens is 2. The molecule has 128 valence electrons. The van der Waals surface area contributed by atoms with Crippen molar-refractivity contribution in [2.24, 2.45) is 0 Å². The summed E-state index contributed by atoms with van der Waals surface area (Å²) in [5, 5.41) is 10.3. The highest BCUT2D eigenvalue weighted by molar-refractivity contribution is 7.92. The van der Waals surface area contributed by atoms with Gasteiger partial charge in [-0.05, 0) is 45.7 Å². The van der Waals surface area contributed by atoms with Crippen LogP contribution < -0.4 is 10.6 Å². The summed E-state index contributed by atoms with van der Waals surface area (Å²) in [5.74, 6) is 0.528. The van der Waals surface area contributed by atoms with Crippen LogP contribution in [0.2, 0.25) is 0 Å². The third-order valence-electron chi connectivity index (χ3n) is 4.88. The van der Waals surface area contributed by atoms with Crippen LogP contribution in [-0.4, -0.2) is 48.2 Å². The van der Waals surface area contributed by atoms with Gasteiger partial charge in [-0.2, -0.15) is 5.10 Å². The lowest BCUT2D eigenvalue weighted by molar-refractivity contribution is -0.119. The minimum Gasteiger partial charge on any atom is -0.317 e. The Morgan fingerprint density at radius 3 is 2.61 bits per heavy atom. The summed E-state index contributed by atoms with van der Waals surface area (Å²) in [6, 6.07) is 1.89. The molecule has 3 rings (SSSR count). The second kappa shape index (κ2) is 5.90. The third kappa shape index (κ3) is 3.01. The number of piperidine rings is 1. The largest absolute Gasteiger partial charge is 0.317 e. The van der Waals surface area contributed by atoms with Crippen molar-refractivity contribution in [3.8, 4) is 0 Å². The molecular weight excluding hydrogens is 316 g/mol. The van der Waals surface area contributed by atoms with Gasteiger partial charge in [0.25, 0.3) is 0 Å².